The van der Waals surface area contributed by atoms with Gasteiger partial charge < -0.3 is 10.4 Å². The van der Waals surface area contributed by atoms with Crippen molar-refractivity contribution in [1.29, 1.82) is 0 Å². The van der Waals surface area contributed by atoms with Gasteiger partial charge in [-0.1, -0.05) is 19.1 Å². The minimum Gasteiger partial charge on any atom is -0.381 e. The number of hydrogen-bond acceptors (Lipinski definition) is 3. The van der Waals surface area contributed by atoms with Crippen LogP contribution in [0.5, 0.6) is 0 Å². The SMILES string of the molecule is CCC(NC)C(O)(CF)c1ccc2c(c1)SCC2. The van der Waals surface area contributed by atoms with Crippen LogP contribution in [0.25, 0.3) is 0 Å². The minimum absolute atomic E-state index is 0.271. The Morgan fingerprint density at radius 3 is 2.94 bits per heavy atom. The van der Waals surface area contributed by atoms with Crippen molar-refractivity contribution in [2.75, 3.05) is 19.5 Å². The standard InChI is InChI=1S/C14H20FNOS/c1-3-13(16-2)14(17,9-15)11-5-4-10-6-7-18-12(10)8-11/h4-5,8,13,16-17H,3,6-7,9H2,1-2H3. The van der Waals surface area contributed by atoms with Crippen LogP contribution in [-0.4, -0.2) is 30.6 Å². The monoisotopic (exact) mass is 269 g/mol. The van der Waals surface area contributed by atoms with Crippen LogP contribution in [-0.2, 0) is 12.0 Å². The van der Waals surface area contributed by atoms with Crippen molar-refractivity contribution in [2.24, 2.45) is 0 Å². The Bertz CT molecular complexity index is 422. The highest BCUT2D eigenvalue weighted by atomic mass is 32.2. The zero-order valence-corrected chi connectivity index (χ0v) is 11.7. The van der Waals surface area contributed by atoms with Crippen LogP contribution in [0, 0.1) is 0 Å². The highest BCUT2D eigenvalue weighted by Gasteiger charge is 2.37. The molecule has 0 fully saturated rings. The Balaban J connectivity index is 2.37. The second-order valence-electron chi connectivity index (χ2n) is 4.73. The van der Waals surface area contributed by atoms with E-state index in [9.17, 15) is 9.50 Å². The molecule has 1 aromatic rings. The fourth-order valence-corrected chi connectivity index (χ4v) is 3.70. The number of thioether (sulfide) groups is 1. The van der Waals surface area contributed by atoms with Crippen molar-refractivity contribution < 1.29 is 9.50 Å². The van der Waals surface area contributed by atoms with Crippen LogP contribution in [0.1, 0.15) is 24.5 Å². The number of fused-ring (bicyclic) bond motifs is 1. The molecule has 1 aliphatic heterocycles. The topological polar surface area (TPSA) is 32.3 Å². The Morgan fingerprint density at radius 1 is 1.56 bits per heavy atom. The summed E-state index contributed by atoms with van der Waals surface area (Å²) in [6, 6.07) is 5.57. The molecule has 0 saturated carbocycles. The van der Waals surface area contributed by atoms with Gasteiger partial charge in [0.05, 0.1) is 0 Å². The van der Waals surface area contributed by atoms with Crippen LogP contribution in [0.15, 0.2) is 23.1 Å². The molecule has 2 atom stereocenters. The first-order valence-electron chi connectivity index (χ1n) is 6.37. The number of aryl methyl sites for hydroxylation is 1. The number of hydrogen-bond donors (Lipinski definition) is 2. The molecule has 4 heteroatoms. The molecule has 2 nitrogen and oxygen atoms in total. The predicted octanol–water partition coefficient (Wildman–Crippen LogP) is 2.49. The minimum atomic E-state index is -1.43. The molecule has 0 aliphatic carbocycles. The van der Waals surface area contributed by atoms with Gasteiger partial charge >= 0.3 is 0 Å². The lowest BCUT2D eigenvalue weighted by Gasteiger charge is -2.34. The molecular weight excluding hydrogens is 249 g/mol. The first kappa shape index (κ1) is 13.8. The van der Waals surface area contributed by atoms with Crippen molar-refractivity contribution in [3.8, 4) is 0 Å². The molecule has 0 spiro atoms. The van der Waals surface area contributed by atoms with E-state index in [4.69, 9.17) is 0 Å². The summed E-state index contributed by atoms with van der Waals surface area (Å²) in [5.41, 5.74) is 0.559. The average Bonchev–Trinajstić information content (AvgIpc) is 2.86. The summed E-state index contributed by atoms with van der Waals surface area (Å²) >= 11 is 1.78. The van der Waals surface area contributed by atoms with Gasteiger partial charge in [-0.25, -0.2) is 4.39 Å². The molecule has 1 aliphatic rings. The third-order valence-corrected chi connectivity index (χ3v) is 4.83. The van der Waals surface area contributed by atoms with Gasteiger partial charge in [-0.3, -0.25) is 0 Å². The fourth-order valence-electron chi connectivity index (χ4n) is 2.59. The van der Waals surface area contributed by atoms with Gasteiger partial charge in [-0.05, 0) is 37.1 Å². The molecule has 1 heterocycles. The van der Waals surface area contributed by atoms with Gasteiger partial charge in [0.15, 0.2) is 0 Å². The maximum absolute atomic E-state index is 13.4. The average molecular weight is 269 g/mol. The molecular formula is C14H20FNOS. The zero-order chi connectivity index (χ0) is 13.2. The number of aliphatic hydroxyl groups is 1. The highest BCUT2D eigenvalue weighted by molar-refractivity contribution is 7.99. The summed E-state index contributed by atoms with van der Waals surface area (Å²) in [5, 5.41) is 13.6. The molecule has 1 aromatic carbocycles. The van der Waals surface area contributed by atoms with Crippen molar-refractivity contribution in [2.45, 2.75) is 36.3 Å². The molecule has 0 radical (unpaired) electrons. The van der Waals surface area contributed by atoms with E-state index < -0.39 is 12.3 Å². The van der Waals surface area contributed by atoms with Crippen molar-refractivity contribution in [1.82, 2.24) is 5.32 Å². The number of alkyl halides is 1. The molecule has 2 unspecified atom stereocenters. The molecule has 18 heavy (non-hydrogen) atoms. The van der Waals surface area contributed by atoms with Gasteiger partial charge in [-0.2, -0.15) is 0 Å². The van der Waals surface area contributed by atoms with Gasteiger partial charge in [0, 0.05) is 16.7 Å². The maximum Gasteiger partial charge on any atom is 0.133 e. The molecule has 2 N–H and O–H groups in total. The number of rotatable bonds is 5. The fraction of sp³-hybridized carbons (Fsp3) is 0.571. The molecule has 100 valence electrons. The summed E-state index contributed by atoms with van der Waals surface area (Å²) in [6.07, 6.45) is 1.75. The van der Waals surface area contributed by atoms with Gasteiger partial charge in [0.25, 0.3) is 0 Å². The molecule has 0 aromatic heterocycles. The first-order chi connectivity index (χ1) is 8.65. The summed E-state index contributed by atoms with van der Waals surface area (Å²) in [7, 11) is 1.76. The Hall–Kier alpha value is -0.580. The smallest absolute Gasteiger partial charge is 0.133 e. The lowest BCUT2D eigenvalue weighted by molar-refractivity contribution is -0.0242. The van der Waals surface area contributed by atoms with Crippen LogP contribution < -0.4 is 5.32 Å². The summed E-state index contributed by atoms with van der Waals surface area (Å²) < 4.78 is 13.4. The Kier molecular flexibility index (Phi) is 4.30. The molecule has 2 rings (SSSR count). The number of nitrogens with one attached hydrogen (secondary N) is 1. The quantitative estimate of drug-likeness (QED) is 0.861. The van der Waals surface area contributed by atoms with E-state index in [1.54, 1.807) is 18.8 Å². The molecule has 0 bridgehead atoms. The second kappa shape index (κ2) is 5.59. The predicted molar refractivity (Wildman–Crippen MR) is 73.9 cm³/mol. The van der Waals surface area contributed by atoms with Gasteiger partial charge in [0.2, 0.25) is 0 Å². The largest absolute Gasteiger partial charge is 0.381 e. The third kappa shape index (κ3) is 2.29. The number of halogens is 1. The third-order valence-electron chi connectivity index (χ3n) is 3.73. The van der Waals surface area contributed by atoms with Crippen LogP contribution in [0.2, 0.25) is 0 Å². The van der Waals surface area contributed by atoms with E-state index in [0.717, 1.165) is 12.2 Å². The van der Waals surface area contributed by atoms with Crippen LogP contribution >= 0.6 is 11.8 Å². The summed E-state index contributed by atoms with van der Waals surface area (Å²) in [5.74, 6) is 1.08. The first-order valence-corrected chi connectivity index (χ1v) is 7.36. The van der Waals surface area contributed by atoms with E-state index in [1.807, 2.05) is 25.1 Å². The van der Waals surface area contributed by atoms with E-state index in [2.05, 4.69) is 5.32 Å². The van der Waals surface area contributed by atoms with Crippen molar-refractivity contribution >= 4 is 11.8 Å². The maximum atomic E-state index is 13.4. The van der Waals surface area contributed by atoms with Crippen LogP contribution in [0.3, 0.4) is 0 Å². The normalized spacial score (nSPS) is 19.3. The molecule has 0 amide bonds. The van der Waals surface area contributed by atoms with Gasteiger partial charge in [-0.15, -0.1) is 11.8 Å². The summed E-state index contributed by atoms with van der Waals surface area (Å²) in [4.78, 5) is 1.19. The van der Waals surface area contributed by atoms with E-state index in [-0.39, 0.29) is 6.04 Å². The Morgan fingerprint density at radius 2 is 2.33 bits per heavy atom. The van der Waals surface area contributed by atoms with Crippen molar-refractivity contribution in [3.63, 3.8) is 0 Å². The van der Waals surface area contributed by atoms with Crippen molar-refractivity contribution in [3.05, 3.63) is 29.3 Å². The van der Waals surface area contributed by atoms with E-state index in [0.29, 0.717) is 12.0 Å². The van der Waals surface area contributed by atoms with E-state index in [1.165, 1.54) is 10.5 Å². The Labute approximate surface area is 112 Å². The second-order valence-corrected chi connectivity index (χ2v) is 5.87. The lowest BCUT2D eigenvalue weighted by Crippen LogP contribution is -2.48. The zero-order valence-electron chi connectivity index (χ0n) is 10.9. The lowest BCUT2D eigenvalue weighted by atomic mass is 9.85. The van der Waals surface area contributed by atoms with Gasteiger partial charge in [0.1, 0.15) is 12.3 Å². The van der Waals surface area contributed by atoms with E-state index >= 15 is 0 Å². The summed E-state index contributed by atoms with van der Waals surface area (Å²) in [6.45, 7) is 1.18. The highest BCUT2D eigenvalue weighted by Crippen LogP contribution is 2.36. The number of likely N-dealkylation sites (N-methyl/N-ethyl adjacent to an activating group) is 1. The number of benzene rings is 1. The van der Waals surface area contributed by atoms with Crippen LogP contribution in [0.4, 0.5) is 4.39 Å². The molecule has 0 saturated heterocycles.